The van der Waals surface area contributed by atoms with Gasteiger partial charge in [0.15, 0.2) is 5.09 Å². The van der Waals surface area contributed by atoms with Crippen molar-refractivity contribution in [3.05, 3.63) is 102 Å². The maximum Gasteiger partial charge on any atom is 0.271 e. The second-order valence-electron chi connectivity index (χ2n) is 6.77. The molecule has 0 aliphatic carbocycles. The molecule has 0 saturated carbocycles. The van der Waals surface area contributed by atoms with E-state index in [1.54, 1.807) is 12.1 Å². The molecule has 30 heavy (non-hydrogen) atoms. The molecule has 0 spiro atoms. The Bertz CT molecular complexity index is 1160. The number of nitrogens with zero attached hydrogens (tertiary/aromatic N) is 2. The molecule has 2 aromatic heterocycles. The number of hydrogen-bond donors (Lipinski definition) is 1. The minimum Gasteiger partial charge on any atom is -0.448 e. The molecule has 0 saturated heterocycles. The van der Waals surface area contributed by atoms with Crippen LogP contribution < -0.4 is 5.43 Å². The molecule has 1 amide bonds. The van der Waals surface area contributed by atoms with Crippen LogP contribution >= 0.6 is 11.8 Å². The van der Waals surface area contributed by atoms with Crippen molar-refractivity contribution in [2.45, 2.75) is 23.8 Å². The van der Waals surface area contributed by atoms with E-state index in [0.717, 1.165) is 27.1 Å². The fourth-order valence-corrected chi connectivity index (χ4v) is 3.92. The zero-order valence-electron chi connectivity index (χ0n) is 16.7. The molecule has 6 heteroatoms. The van der Waals surface area contributed by atoms with E-state index in [9.17, 15) is 4.79 Å². The molecule has 2 heterocycles. The molecule has 4 rings (SSSR count). The highest BCUT2D eigenvalue weighted by Crippen LogP contribution is 2.28. The molecule has 0 aliphatic rings. The van der Waals surface area contributed by atoms with Crippen molar-refractivity contribution in [1.29, 1.82) is 0 Å². The van der Waals surface area contributed by atoms with Gasteiger partial charge >= 0.3 is 0 Å². The summed E-state index contributed by atoms with van der Waals surface area (Å²) in [7, 11) is 0. The highest BCUT2D eigenvalue weighted by atomic mass is 32.2. The lowest BCUT2D eigenvalue weighted by Crippen LogP contribution is -2.17. The van der Waals surface area contributed by atoms with Gasteiger partial charge in [0, 0.05) is 27.5 Å². The molecule has 0 radical (unpaired) electrons. The number of rotatable bonds is 6. The Kier molecular flexibility index (Phi) is 5.86. The average molecular weight is 416 g/mol. The van der Waals surface area contributed by atoms with E-state index in [1.807, 2.05) is 54.6 Å². The number of hydrogen-bond acceptors (Lipinski definition) is 4. The minimum absolute atomic E-state index is 0.274. The first kappa shape index (κ1) is 19.8. The van der Waals surface area contributed by atoms with Crippen LogP contribution in [0.3, 0.4) is 0 Å². The van der Waals surface area contributed by atoms with E-state index >= 15 is 0 Å². The van der Waals surface area contributed by atoms with Gasteiger partial charge in [0.05, 0.1) is 6.21 Å². The SMILES string of the molecule is Cc1ccc(C)n1-c1ccc(C(=O)N/N=C\c2ccc(Sc3ccccc3)o2)cc1. The van der Waals surface area contributed by atoms with Gasteiger partial charge in [-0.25, -0.2) is 5.43 Å². The number of amides is 1. The van der Waals surface area contributed by atoms with Crippen LogP contribution in [0.15, 0.2) is 98.4 Å². The first-order valence-electron chi connectivity index (χ1n) is 9.52. The van der Waals surface area contributed by atoms with Crippen molar-refractivity contribution in [2.75, 3.05) is 0 Å². The Hall–Kier alpha value is -3.51. The Morgan fingerprint density at radius 3 is 2.33 bits per heavy atom. The van der Waals surface area contributed by atoms with Gasteiger partial charge in [0.25, 0.3) is 5.91 Å². The number of nitrogens with one attached hydrogen (secondary N) is 1. The van der Waals surface area contributed by atoms with Gasteiger partial charge < -0.3 is 8.98 Å². The van der Waals surface area contributed by atoms with Crippen molar-refractivity contribution in [1.82, 2.24) is 9.99 Å². The van der Waals surface area contributed by atoms with Crippen LogP contribution in [0.4, 0.5) is 0 Å². The highest BCUT2D eigenvalue weighted by Gasteiger charge is 2.08. The Morgan fingerprint density at radius 1 is 0.933 bits per heavy atom. The number of aromatic nitrogens is 1. The molecule has 4 aromatic rings. The lowest BCUT2D eigenvalue weighted by atomic mass is 10.2. The first-order chi connectivity index (χ1) is 14.6. The largest absolute Gasteiger partial charge is 0.448 e. The summed E-state index contributed by atoms with van der Waals surface area (Å²) in [5.41, 5.74) is 6.40. The van der Waals surface area contributed by atoms with Crippen LogP contribution in [0.25, 0.3) is 5.69 Å². The predicted molar refractivity (Wildman–Crippen MR) is 120 cm³/mol. The van der Waals surface area contributed by atoms with Crippen molar-refractivity contribution in [2.24, 2.45) is 5.10 Å². The van der Waals surface area contributed by atoms with E-state index in [4.69, 9.17) is 4.42 Å². The summed E-state index contributed by atoms with van der Waals surface area (Å²) in [5.74, 6) is 0.298. The van der Waals surface area contributed by atoms with Crippen LogP contribution in [0.1, 0.15) is 27.5 Å². The molecular formula is C24H21N3O2S. The molecule has 0 atom stereocenters. The summed E-state index contributed by atoms with van der Waals surface area (Å²) in [6.07, 6.45) is 1.49. The van der Waals surface area contributed by atoms with Gasteiger partial charge in [-0.3, -0.25) is 4.79 Å². The monoisotopic (exact) mass is 415 g/mol. The number of benzene rings is 2. The summed E-state index contributed by atoms with van der Waals surface area (Å²) in [4.78, 5) is 13.4. The lowest BCUT2D eigenvalue weighted by molar-refractivity contribution is 0.0955. The van der Waals surface area contributed by atoms with Gasteiger partial charge in [-0.15, -0.1) is 0 Å². The van der Waals surface area contributed by atoms with Gasteiger partial charge in [-0.2, -0.15) is 5.10 Å². The van der Waals surface area contributed by atoms with Gasteiger partial charge in [0.1, 0.15) is 5.76 Å². The summed E-state index contributed by atoms with van der Waals surface area (Å²) >= 11 is 1.53. The third kappa shape index (κ3) is 4.55. The molecule has 2 aromatic carbocycles. The number of hydrazone groups is 1. The quantitative estimate of drug-likeness (QED) is 0.329. The summed E-state index contributed by atoms with van der Waals surface area (Å²) in [6, 6.07) is 25.3. The molecule has 1 N–H and O–H groups in total. The average Bonchev–Trinajstić information content (AvgIpc) is 3.34. The zero-order valence-corrected chi connectivity index (χ0v) is 17.5. The lowest BCUT2D eigenvalue weighted by Gasteiger charge is -2.09. The number of carbonyl (C=O) groups is 1. The maximum atomic E-state index is 12.3. The molecule has 0 bridgehead atoms. The first-order valence-corrected chi connectivity index (χ1v) is 10.3. The Labute approximate surface area is 179 Å². The fraction of sp³-hybridized carbons (Fsp3) is 0.0833. The molecular weight excluding hydrogens is 394 g/mol. The minimum atomic E-state index is -0.274. The van der Waals surface area contributed by atoms with Gasteiger partial charge in [-0.05, 0) is 74.5 Å². The van der Waals surface area contributed by atoms with Crippen LogP contribution in [0, 0.1) is 13.8 Å². The predicted octanol–water partition coefficient (Wildman–Crippen LogP) is 5.60. The van der Waals surface area contributed by atoms with Crippen LogP contribution in [0.5, 0.6) is 0 Å². The van der Waals surface area contributed by atoms with Gasteiger partial charge in [0.2, 0.25) is 0 Å². The maximum absolute atomic E-state index is 12.3. The van der Waals surface area contributed by atoms with Gasteiger partial charge in [-0.1, -0.05) is 30.0 Å². The standard InChI is InChI=1S/C24H21N3O2S/c1-17-8-9-18(2)27(17)20-12-10-19(11-13-20)24(28)26-25-16-21-14-15-23(29-21)30-22-6-4-3-5-7-22/h3-16H,1-2H3,(H,26,28)/b25-16-. The molecule has 0 fully saturated rings. The normalized spacial score (nSPS) is 11.1. The second-order valence-corrected chi connectivity index (χ2v) is 7.85. The molecule has 150 valence electrons. The molecule has 0 unspecified atom stereocenters. The fourth-order valence-electron chi connectivity index (χ4n) is 3.12. The molecule has 0 aliphatic heterocycles. The summed E-state index contributed by atoms with van der Waals surface area (Å²) < 4.78 is 7.85. The van der Waals surface area contributed by atoms with Crippen LogP contribution in [-0.2, 0) is 0 Å². The molecule has 5 nitrogen and oxygen atoms in total. The second kappa shape index (κ2) is 8.88. The number of carbonyl (C=O) groups excluding carboxylic acids is 1. The van der Waals surface area contributed by atoms with E-state index < -0.39 is 0 Å². The van der Waals surface area contributed by atoms with E-state index in [1.165, 1.54) is 18.0 Å². The highest BCUT2D eigenvalue weighted by molar-refractivity contribution is 7.99. The van der Waals surface area contributed by atoms with Crippen LogP contribution in [-0.4, -0.2) is 16.7 Å². The van der Waals surface area contributed by atoms with E-state index in [-0.39, 0.29) is 5.91 Å². The topological polar surface area (TPSA) is 59.5 Å². The summed E-state index contributed by atoms with van der Waals surface area (Å²) in [6.45, 7) is 4.11. The summed E-state index contributed by atoms with van der Waals surface area (Å²) in [5, 5.41) is 4.77. The van der Waals surface area contributed by atoms with Crippen molar-refractivity contribution in [3.8, 4) is 5.69 Å². The van der Waals surface area contributed by atoms with Crippen molar-refractivity contribution < 1.29 is 9.21 Å². The number of aryl methyl sites for hydroxylation is 2. The van der Waals surface area contributed by atoms with E-state index in [2.05, 4.69) is 41.1 Å². The third-order valence-electron chi connectivity index (χ3n) is 4.58. The van der Waals surface area contributed by atoms with Crippen molar-refractivity contribution >= 4 is 23.9 Å². The Balaban J connectivity index is 1.36. The smallest absolute Gasteiger partial charge is 0.271 e. The zero-order chi connectivity index (χ0) is 20.9. The third-order valence-corrected chi connectivity index (χ3v) is 5.51. The van der Waals surface area contributed by atoms with Crippen LogP contribution in [0.2, 0.25) is 0 Å². The Morgan fingerprint density at radius 2 is 1.63 bits per heavy atom. The number of furan rings is 1. The van der Waals surface area contributed by atoms with Crippen molar-refractivity contribution in [3.63, 3.8) is 0 Å². The van der Waals surface area contributed by atoms with E-state index in [0.29, 0.717) is 11.3 Å².